The zero-order valence-electron chi connectivity index (χ0n) is 21.6. The number of unbranched alkanes of at least 4 members (excludes halogenated alkanes) is 13. The molecule has 33 heavy (non-hydrogen) atoms. The molecule has 1 aliphatic rings. The second-order valence-corrected chi connectivity index (χ2v) is 9.90. The standard InChI is InChI=1S/C24H45O6P.2K/c1-23-19-15-16-20-24(23,2)28-21-17-13-11-9-7-5-3-4-6-8-10-12-14-18-22-29-30-31(25,26)27;;/h15-16,19-20,23H,3-14,17-18,21-22H2,1-2H3,(H2,25,26,27);;/q;2*+1/p-2. The molecule has 6 nitrogen and oxygen atoms in total. The molecule has 0 radical (unpaired) electrons. The van der Waals surface area contributed by atoms with Crippen molar-refractivity contribution in [2.24, 2.45) is 5.92 Å². The summed E-state index contributed by atoms with van der Waals surface area (Å²) < 4.78 is 20.0. The van der Waals surface area contributed by atoms with E-state index in [0.717, 1.165) is 25.9 Å². The number of rotatable bonds is 20. The Morgan fingerprint density at radius 1 is 0.758 bits per heavy atom. The molecule has 0 aromatic heterocycles. The zero-order valence-corrected chi connectivity index (χ0v) is 28.7. The third-order valence-corrected chi connectivity index (χ3v) is 6.31. The van der Waals surface area contributed by atoms with Crippen LogP contribution >= 0.6 is 7.82 Å². The molecular formula is C24H43K2O6P. The normalized spacial score (nSPS) is 19.8. The van der Waals surface area contributed by atoms with Crippen LogP contribution in [0.15, 0.2) is 24.3 Å². The number of hydrogen-bond acceptors (Lipinski definition) is 6. The topological polar surface area (TPSA) is 90.9 Å². The monoisotopic (exact) mass is 536 g/mol. The van der Waals surface area contributed by atoms with Gasteiger partial charge in [0.2, 0.25) is 0 Å². The Morgan fingerprint density at radius 2 is 1.18 bits per heavy atom. The van der Waals surface area contributed by atoms with E-state index < -0.39 is 7.82 Å². The maximum Gasteiger partial charge on any atom is 1.00 e. The SMILES string of the molecule is CC1C=CC=CC1(C)OCCCCCCCCCCCCCCCCOOP(=O)([O-])[O-].[K+].[K+]. The molecule has 182 valence electrons. The van der Waals surface area contributed by atoms with Gasteiger partial charge in [-0.15, -0.1) is 0 Å². The van der Waals surface area contributed by atoms with Crippen LogP contribution in [0.2, 0.25) is 0 Å². The van der Waals surface area contributed by atoms with Crippen LogP contribution in [0, 0.1) is 5.92 Å². The Labute approximate surface area is 287 Å². The van der Waals surface area contributed by atoms with Crippen molar-refractivity contribution in [2.45, 2.75) is 109 Å². The molecule has 9 heteroatoms. The summed E-state index contributed by atoms with van der Waals surface area (Å²) >= 11 is 0. The van der Waals surface area contributed by atoms with E-state index in [1.165, 1.54) is 64.2 Å². The third-order valence-electron chi connectivity index (χ3n) is 6.02. The van der Waals surface area contributed by atoms with Crippen molar-refractivity contribution >= 4 is 7.82 Å². The number of hydrogen-bond donors (Lipinski definition) is 0. The van der Waals surface area contributed by atoms with Crippen LogP contribution < -0.4 is 113 Å². The molecule has 0 saturated carbocycles. The minimum absolute atomic E-state index is 0. The van der Waals surface area contributed by atoms with Gasteiger partial charge in [-0.1, -0.05) is 108 Å². The molecule has 0 saturated heterocycles. The van der Waals surface area contributed by atoms with E-state index in [0.29, 0.717) is 12.3 Å². The molecule has 0 amide bonds. The summed E-state index contributed by atoms with van der Waals surface area (Å²) in [6, 6.07) is 0. The Kier molecular flexibility index (Phi) is 27.4. The first-order valence-corrected chi connectivity index (χ1v) is 13.6. The Balaban J connectivity index is 0. The van der Waals surface area contributed by atoms with Crippen molar-refractivity contribution in [3.63, 3.8) is 0 Å². The van der Waals surface area contributed by atoms with Crippen molar-refractivity contribution in [3.8, 4) is 0 Å². The van der Waals surface area contributed by atoms with E-state index in [-0.39, 0.29) is 115 Å². The van der Waals surface area contributed by atoms with Gasteiger partial charge >= 0.3 is 103 Å². The number of ether oxygens (including phenoxy) is 1. The number of phosphoric acid groups is 1. The summed E-state index contributed by atoms with van der Waals surface area (Å²) in [5, 5.41) is 0. The molecule has 0 bridgehead atoms. The number of allylic oxidation sites excluding steroid dienone is 2. The van der Waals surface area contributed by atoms with Crippen LogP contribution in [0.1, 0.15) is 104 Å². The molecule has 0 aliphatic heterocycles. The van der Waals surface area contributed by atoms with Gasteiger partial charge in [-0.3, -0.25) is 0 Å². The van der Waals surface area contributed by atoms with E-state index in [1.54, 1.807) is 0 Å². The molecular weight excluding hydrogens is 493 g/mol. The average Bonchev–Trinajstić information content (AvgIpc) is 2.71. The van der Waals surface area contributed by atoms with Gasteiger partial charge < -0.3 is 19.1 Å². The predicted molar refractivity (Wildman–Crippen MR) is 121 cm³/mol. The minimum Gasteiger partial charge on any atom is -0.788 e. The Morgan fingerprint density at radius 3 is 1.61 bits per heavy atom. The van der Waals surface area contributed by atoms with E-state index in [4.69, 9.17) is 4.74 Å². The van der Waals surface area contributed by atoms with Crippen molar-refractivity contribution < 1.29 is 131 Å². The average molecular weight is 537 g/mol. The minimum atomic E-state index is -5.00. The first kappa shape index (κ1) is 37.9. The van der Waals surface area contributed by atoms with Crippen LogP contribution in [0.25, 0.3) is 0 Å². The van der Waals surface area contributed by atoms with Crippen LogP contribution in [0.3, 0.4) is 0 Å². The molecule has 0 spiro atoms. The largest absolute Gasteiger partial charge is 1.00 e. The van der Waals surface area contributed by atoms with Crippen molar-refractivity contribution in [1.82, 2.24) is 0 Å². The first-order valence-electron chi connectivity index (χ1n) is 12.2. The maximum absolute atomic E-state index is 10.2. The third kappa shape index (κ3) is 22.5. The molecule has 1 rings (SSSR count). The van der Waals surface area contributed by atoms with Gasteiger partial charge in [0.25, 0.3) is 0 Å². The van der Waals surface area contributed by atoms with Crippen LogP contribution in [0.5, 0.6) is 0 Å². The summed E-state index contributed by atoms with van der Waals surface area (Å²) in [7, 11) is -5.00. The fraction of sp³-hybridized carbons (Fsp3) is 0.833. The summed E-state index contributed by atoms with van der Waals surface area (Å²) in [5.74, 6) is 0.436. The molecule has 0 heterocycles. The van der Waals surface area contributed by atoms with E-state index in [9.17, 15) is 14.4 Å². The van der Waals surface area contributed by atoms with Crippen molar-refractivity contribution in [3.05, 3.63) is 24.3 Å². The van der Waals surface area contributed by atoms with Crippen LogP contribution in [0.4, 0.5) is 0 Å². The fourth-order valence-corrected chi connectivity index (χ4v) is 3.98. The first-order chi connectivity index (χ1) is 14.8. The molecule has 0 aromatic carbocycles. The maximum atomic E-state index is 10.2. The molecule has 2 atom stereocenters. The van der Waals surface area contributed by atoms with E-state index in [1.807, 2.05) is 0 Å². The van der Waals surface area contributed by atoms with Gasteiger partial charge in [-0.2, -0.15) is 0 Å². The van der Waals surface area contributed by atoms with Crippen LogP contribution in [-0.4, -0.2) is 18.8 Å². The van der Waals surface area contributed by atoms with Gasteiger partial charge in [0.05, 0.1) is 12.2 Å². The Hall–Kier alpha value is 2.78. The molecule has 1 aliphatic carbocycles. The van der Waals surface area contributed by atoms with Gasteiger partial charge in [-0.05, 0) is 19.8 Å². The van der Waals surface area contributed by atoms with Gasteiger partial charge in [0, 0.05) is 12.5 Å². The van der Waals surface area contributed by atoms with Gasteiger partial charge in [-0.25, -0.2) is 9.56 Å². The van der Waals surface area contributed by atoms with E-state index in [2.05, 4.69) is 47.7 Å². The Bertz CT molecular complexity index is 555. The molecule has 2 unspecified atom stereocenters. The summed E-state index contributed by atoms with van der Waals surface area (Å²) in [4.78, 5) is 24.7. The summed E-state index contributed by atoms with van der Waals surface area (Å²) in [6.07, 6.45) is 25.4. The summed E-state index contributed by atoms with van der Waals surface area (Å²) in [5.41, 5.74) is -0.137. The van der Waals surface area contributed by atoms with Crippen LogP contribution in [-0.2, 0) is 18.9 Å². The summed E-state index contributed by atoms with van der Waals surface area (Å²) in [6.45, 7) is 5.39. The van der Waals surface area contributed by atoms with E-state index >= 15 is 0 Å². The van der Waals surface area contributed by atoms with Gasteiger partial charge in [0.1, 0.15) is 7.82 Å². The predicted octanol–water partition coefficient (Wildman–Crippen LogP) is -0.230. The molecule has 0 fully saturated rings. The second-order valence-electron chi connectivity index (χ2n) is 8.86. The fourth-order valence-electron chi connectivity index (χ4n) is 3.78. The zero-order chi connectivity index (χ0) is 22.8. The second kappa shape index (κ2) is 23.9. The van der Waals surface area contributed by atoms with Crippen molar-refractivity contribution in [2.75, 3.05) is 13.2 Å². The molecule has 0 aromatic rings. The smallest absolute Gasteiger partial charge is 0.788 e. The van der Waals surface area contributed by atoms with Gasteiger partial charge in [0.15, 0.2) is 0 Å². The van der Waals surface area contributed by atoms with Crippen molar-refractivity contribution in [1.29, 1.82) is 0 Å². The molecule has 0 N–H and O–H groups in total. The quantitative estimate of drug-likeness (QED) is 0.0702.